The zero-order chi connectivity index (χ0) is 15.9. The zero-order valence-electron chi connectivity index (χ0n) is 13.9. The lowest BCUT2D eigenvalue weighted by atomic mass is 10.0. The van der Waals surface area contributed by atoms with Crippen LogP contribution in [0.25, 0.3) is 0 Å². The lowest BCUT2D eigenvalue weighted by molar-refractivity contribution is -0.122. The van der Waals surface area contributed by atoms with E-state index in [-0.39, 0.29) is 5.91 Å². The second-order valence-corrected chi connectivity index (χ2v) is 6.87. The number of benzene rings is 1. The number of likely N-dealkylation sites (tertiary alicyclic amines) is 1. The van der Waals surface area contributed by atoms with Crippen LogP contribution < -0.4 is 5.32 Å². The molecular weight excluding hydrogens is 288 g/mol. The van der Waals surface area contributed by atoms with Crippen molar-refractivity contribution in [2.75, 3.05) is 26.3 Å². The van der Waals surface area contributed by atoms with Crippen LogP contribution in [0.2, 0.25) is 0 Å². The van der Waals surface area contributed by atoms with E-state index in [2.05, 4.69) is 40.5 Å². The van der Waals surface area contributed by atoms with Gasteiger partial charge in [-0.2, -0.15) is 0 Å². The Labute approximate surface area is 139 Å². The van der Waals surface area contributed by atoms with E-state index in [1.807, 2.05) is 0 Å². The van der Waals surface area contributed by atoms with Gasteiger partial charge in [0, 0.05) is 45.3 Å². The third kappa shape index (κ3) is 5.33. The van der Waals surface area contributed by atoms with Crippen LogP contribution in [-0.2, 0) is 16.1 Å². The minimum absolute atomic E-state index is 0.221. The zero-order valence-corrected chi connectivity index (χ0v) is 13.9. The van der Waals surface area contributed by atoms with E-state index >= 15 is 0 Å². The van der Waals surface area contributed by atoms with Gasteiger partial charge in [-0.05, 0) is 37.2 Å². The molecule has 0 aliphatic carbocycles. The van der Waals surface area contributed by atoms with Crippen LogP contribution in [0.4, 0.5) is 0 Å². The standard InChI is InChI=1S/C19H28N2O2/c22-19(7-6-17-10-13-23-15-17)20-18-8-11-21(12-9-18)14-16-4-2-1-3-5-16/h1-5,17-18H,6-15H2,(H,20,22). The monoisotopic (exact) mass is 316 g/mol. The van der Waals surface area contributed by atoms with Crippen molar-refractivity contribution in [2.45, 2.75) is 44.7 Å². The number of carbonyl (C=O) groups excluding carboxylic acids is 1. The van der Waals surface area contributed by atoms with Crippen molar-refractivity contribution in [1.29, 1.82) is 0 Å². The molecule has 2 aliphatic heterocycles. The highest BCUT2D eigenvalue weighted by Gasteiger charge is 2.22. The quantitative estimate of drug-likeness (QED) is 0.877. The molecule has 1 aromatic carbocycles. The maximum Gasteiger partial charge on any atom is 0.220 e. The van der Waals surface area contributed by atoms with E-state index in [4.69, 9.17) is 4.74 Å². The molecule has 0 spiro atoms. The molecule has 0 saturated carbocycles. The van der Waals surface area contributed by atoms with E-state index in [9.17, 15) is 4.79 Å². The van der Waals surface area contributed by atoms with Gasteiger partial charge in [-0.15, -0.1) is 0 Å². The Hall–Kier alpha value is -1.39. The topological polar surface area (TPSA) is 41.6 Å². The summed E-state index contributed by atoms with van der Waals surface area (Å²) in [5.74, 6) is 0.812. The van der Waals surface area contributed by atoms with Gasteiger partial charge in [0.25, 0.3) is 0 Å². The lowest BCUT2D eigenvalue weighted by Crippen LogP contribution is -2.44. The molecule has 126 valence electrons. The van der Waals surface area contributed by atoms with Crippen molar-refractivity contribution in [3.8, 4) is 0 Å². The number of ether oxygens (including phenoxy) is 1. The predicted molar refractivity (Wildman–Crippen MR) is 91.0 cm³/mol. The SMILES string of the molecule is O=C(CCC1CCOC1)NC1CCN(Cc2ccccc2)CC1. The maximum atomic E-state index is 12.1. The van der Waals surface area contributed by atoms with Crippen molar-refractivity contribution in [2.24, 2.45) is 5.92 Å². The predicted octanol–water partition coefficient (Wildman–Crippen LogP) is 2.58. The van der Waals surface area contributed by atoms with Crippen LogP contribution in [0.1, 0.15) is 37.7 Å². The summed E-state index contributed by atoms with van der Waals surface area (Å²) in [6.07, 6.45) is 4.86. The minimum Gasteiger partial charge on any atom is -0.381 e. The number of amides is 1. The number of piperidine rings is 1. The Morgan fingerprint density at radius 2 is 1.96 bits per heavy atom. The van der Waals surface area contributed by atoms with Gasteiger partial charge in [-0.3, -0.25) is 9.69 Å². The normalized spacial score (nSPS) is 23.0. The highest BCUT2D eigenvalue weighted by molar-refractivity contribution is 5.76. The van der Waals surface area contributed by atoms with E-state index in [1.54, 1.807) is 0 Å². The van der Waals surface area contributed by atoms with Crippen LogP contribution >= 0.6 is 0 Å². The Morgan fingerprint density at radius 3 is 2.65 bits per heavy atom. The summed E-state index contributed by atoms with van der Waals surface area (Å²) < 4.78 is 5.36. The van der Waals surface area contributed by atoms with Gasteiger partial charge >= 0.3 is 0 Å². The summed E-state index contributed by atoms with van der Waals surface area (Å²) in [4.78, 5) is 14.6. The Balaban J connectivity index is 1.33. The Morgan fingerprint density at radius 1 is 1.17 bits per heavy atom. The summed E-state index contributed by atoms with van der Waals surface area (Å²) in [6.45, 7) is 4.85. The van der Waals surface area contributed by atoms with E-state index in [0.29, 0.717) is 18.4 Å². The van der Waals surface area contributed by atoms with Crippen molar-refractivity contribution >= 4 is 5.91 Å². The molecule has 1 unspecified atom stereocenters. The molecule has 4 nitrogen and oxygen atoms in total. The molecule has 2 aliphatic rings. The Kier molecular flexibility index (Phi) is 6.06. The first-order valence-corrected chi connectivity index (χ1v) is 8.93. The Bertz CT molecular complexity index is 477. The molecule has 1 amide bonds. The van der Waals surface area contributed by atoms with Gasteiger partial charge < -0.3 is 10.1 Å². The fourth-order valence-corrected chi connectivity index (χ4v) is 3.52. The van der Waals surface area contributed by atoms with Crippen LogP contribution in [0.5, 0.6) is 0 Å². The summed E-state index contributed by atoms with van der Waals surface area (Å²) >= 11 is 0. The van der Waals surface area contributed by atoms with Gasteiger partial charge in [-0.25, -0.2) is 0 Å². The first kappa shape index (κ1) is 16.5. The van der Waals surface area contributed by atoms with E-state index in [1.165, 1.54) is 5.56 Å². The number of hydrogen-bond acceptors (Lipinski definition) is 3. The molecule has 0 aromatic heterocycles. The summed E-state index contributed by atoms with van der Waals surface area (Å²) in [7, 11) is 0. The fraction of sp³-hybridized carbons (Fsp3) is 0.632. The average molecular weight is 316 g/mol. The number of nitrogens with one attached hydrogen (secondary N) is 1. The largest absolute Gasteiger partial charge is 0.381 e. The summed E-state index contributed by atoms with van der Waals surface area (Å²) in [5, 5.41) is 3.22. The van der Waals surface area contributed by atoms with Gasteiger partial charge in [0.2, 0.25) is 5.91 Å². The number of carbonyl (C=O) groups is 1. The molecular formula is C19H28N2O2. The lowest BCUT2D eigenvalue weighted by Gasteiger charge is -2.32. The van der Waals surface area contributed by atoms with Crippen LogP contribution in [0, 0.1) is 5.92 Å². The molecule has 1 atom stereocenters. The molecule has 1 N–H and O–H groups in total. The molecule has 4 heteroatoms. The van der Waals surface area contributed by atoms with Gasteiger partial charge in [0.15, 0.2) is 0 Å². The fourth-order valence-electron chi connectivity index (χ4n) is 3.52. The highest BCUT2D eigenvalue weighted by atomic mass is 16.5. The molecule has 1 aromatic rings. The summed E-state index contributed by atoms with van der Waals surface area (Å²) in [6, 6.07) is 11.0. The van der Waals surface area contributed by atoms with E-state index in [0.717, 1.165) is 58.5 Å². The van der Waals surface area contributed by atoms with Crippen molar-refractivity contribution in [3.63, 3.8) is 0 Å². The molecule has 23 heavy (non-hydrogen) atoms. The van der Waals surface area contributed by atoms with E-state index < -0.39 is 0 Å². The number of rotatable bonds is 6. The third-order valence-corrected chi connectivity index (χ3v) is 5.01. The van der Waals surface area contributed by atoms with Crippen LogP contribution in [-0.4, -0.2) is 43.2 Å². The second kappa shape index (κ2) is 8.46. The van der Waals surface area contributed by atoms with Crippen molar-refractivity contribution in [1.82, 2.24) is 10.2 Å². The smallest absolute Gasteiger partial charge is 0.220 e. The molecule has 0 bridgehead atoms. The van der Waals surface area contributed by atoms with Crippen LogP contribution in [0.15, 0.2) is 30.3 Å². The second-order valence-electron chi connectivity index (χ2n) is 6.87. The maximum absolute atomic E-state index is 12.1. The molecule has 3 rings (SSSR count). The first-order chi connectivity index (χ1) is 11.3. The molecule has 2 heterocycles. The highest BCUT2D eigenvalue weighted by Crippen LogP contribution is 2.18. The summed E-state index contributed by atoms with van der Waals surface area (Å²) in [5.41, 5.74) is 1.37. The first-order valence-electron chi connectivity index (χ1n) is 8.93. The van der Waals surface area contributed by atoms with Gasteiger partial charge in [0.05, 0.1) is 0 Å². The average Bonchev–Trinajstić information content (AvgIpc) is 3.09. The van der Waals surface area contributed by atoms with Gasteiger partial charge in [0.1, 0.15) is 0 Å². The molecule has 2 fully saturated rings. The number of nitrogens with zero attached hydrogens (tertiary/aromatic N) is 1. The van der Waals surface area contributed by atoms with Crippen molar-refractivity contribution in [3.05, 3.63) is 35.9 Å². The molecule has 2 saturated heterocycles. The van der Waals surface area contributed by atoms with Gasteiger partial charge in [-0.1, -0.05) is 30.3 Å². The number of hydrogen-bond donors (Lipinski definition) is 1. The third-order valence-electron chi connectivity index (χ3n) is 5.01. The van der Waals surface area contributed by atoms with Crippen molar-refractivity contribution < 1.29 is 9.53 Å². The molecule has 0 radical (unpaired) electrons. The minimum atomic E-state index is 0.221. The van der Waals surface area contributed by atoms with Crippen LogP contribution in [0.3, 0.4) is 0 Å².